The lowest BCUT2D eigenvalue weighted by Gasteiger charge is -2.15. The molecular formula is C12H12ClFN2S. The van der Waals surface area contributed by atoms with Gasteiger partial charge in [0, 0.05) is 4.88 Å². The Kier molecular flexibility index (Phi) is 4.12. The van der Waals surface area contributed by atoms with Gasteiger partial charge in [-0.15, -0.1) is 11.3 Å². The second-order valence-electron chi connectivity index (χ2n) is 3.65. The molecule has 0 saturated carbocycles. The molecular weight excluding hydrogens is 259 g/mol. The average Bonchev–Trinajstić information content (AvgIpc) is 2.75. The quantitative estimate of drug-likeness (QED) is 0.661. The molecule has 0 fully saturated rings. The number of hydrazine groups is 1. The molecule has 0 amide bonds. The predicted molar refractivity (Wildman–Crippen MR) is 69.5 cm³/mol. The Balaban J connectivity index is 2.22. The SMILES string of the molecule is NNC(Cc1ccccc1F)c1sccc1Cl. The lowest BCUT2D eigenvalue weighted by Crippen LogP contribution is -2.29. The minimum atomic E-state index is -0.222. The van der Waals surface area contributed by atoms with E-state index in [2.05, 4.69) is 5.43 Å². The number of hydrogen-bond acceptors (Lipinski definition) is 3. The van der Waals surface area contributed by atoms with Gasteiger partial charge >= 0.3 is 0 Å². The van der Waals surface area contributed by atoms with Crippen LogP contribution in [0.15, 0.2) is 35.7 Å². The standard InChI is InChI=1S/C12H12ClFN2S/c13-9-5-6-17-12(9)11(16-15)7-8-3-1-2-4-10(8)14/h1-6,11,16H,7,15H2. The van der Waals surface area contributed by atoms with Gasteiger partial charge in [-0.1, -0.05) is 29.8 Å². The molecule has 2 rings (SSSR count). The molecule has 0 aliphatic heterocycles. The fraction of sp³-hybridized carbons (Fsp3) is 0.167. The molecule has 0 radical (unpaired) electrons. The van der Waals surface area contributed by atoms with Crippen molar-refractivity contribution in [1.82, 2.24) is 5.43 Å². The van der Waals surface area contributed by atoms with Gasteiger partial charge in [0.2, 0.25) is 0 Å². The van der Waals surface area contributed by atoms with E-state index in [1.165, 1.54) is 17.4 Å². The van der Waals surface area contributed by atoms with Gasteiger partial charge in [0.25, 0.3) is 0 Å². The molecule has 2 nitrogen and oxygen atoms in total. The van der Waals surface area contributed by atoms with E-state index in [0.717, 1.165) is 4.88 Å². The van der Waals surface area contributed by atoms with Crippen LogP contribution in [-0.2, 0) is 6.42 Å². The van der Waals surface area contributed by atoms with E-state index in [1.54, 1.807) is 12.1 Å². The summed E-state index contributed by atoms with van der Waals surface area (Å²) >= 11 is 7.55. The summed E-state index contributed by atoms with van der Waals surface area (Å²) in [5, 5.41) is 2.55. The van der Waals surface area contributed by atoms with Crippen LogP contribution in [0.2, 0.25) is 5.02 Å². The van der Waals surface area contributed by atoms with E-state index in [9.17, 15) is 4.39 Å². The molecule has 17 heavy (non-hydrogen) atoms. The normalized spacial score (nSPS) is 12.6. The van der Waals surface area contributed by atoms with Crippen molar-refractivity contribution in [3.63, 3.8) is 0 Å². The van der Waals surface area contributed by atoms with Crippen LogP contribution in [0.25, 0.3) is 0 Å². The molecule has 1 heterocycles. The Morgan fingerprint density at radius 1 is 1.35 bits per heavy atom. The van der Waals surface area contributed by atoms with Crippen molar-refractivity contribution in [2.24, 2.45) is 5.84 Å². The first-order valence-electron chi connectivity index (χ1n) is 5.14. The van der Waals surface area contributed by atoms with E-state index >= 15 is 0 Å². The molecule has 0 saturated heterocycles. The number of nitrogens with one attached hydrogen (secondary N) is 1. The highest BCUT2D eigenvalue weighted by Gasteiger charge is 2.16. The summed E-state index contributed by atoms with van der Waals surface area (Å²) in [5.41, 5.74) is 3.31. The first-order chi connectivity index (χ1) is 8.22. The number of thiophene rings is 1. The Labute approximate surface area is 108 Å². The summed E-state index contributed by atoms with van der Waals surface area (Å²) in [6.45, 7) is 0. The zero-order valence-corrected chi connectivity index (χ0v) is 10.6. The molecule has 3 N–H and O–H groups in total. The third-order valence-corrected chi connectivity index (χ3v) is 4.02. The second kappa shape index (κ2) is 5.60. The summed E-state index contributed by atoms with van der Waals surface area (Å²) in [6.07, 6.45) is 0.476. The third kappa shape index (κ3) is 2.84. The smallest absolute Gasteiger partial charge is 0.126 e. The molecule has 2 aromatic rings. The zero-order valence-electron chi connectivity index (χ0n) is 8.99. The average molecular weight is 271 g/mol. The molecule has 1 unspecified atom stereocenters. The molecule has 90 valence electrons. The van der Waals surface area contributed by atoms with Gasteiger partial charge in [-0.2, -0.15) is 0 Å². The predicted octanol–water partition coefficient (Wildman–Crippen LogP) is 3.29. The van der Waals surface area contributed by atoms with Gasteiger partial charge < -0.3 is 0 Å². The number of benzene rings is 1. The number of hydrogen-bond donors (Lipinski definition) is 2. The van der Waals surface area contributed by atoms with Gasteiger partial charge in [-0.3, -0.25) is 11.3 Å². The third-order valence-electron chi connectivity index (χ3n) is 2.54. The number of halogens is 2. The Morgan fingerprint density at radius 2 is 2.12 bits per heavy atom. The van der Waals surface area contributed by atoms with E-state index in [-0.39, 0.29) is 11.9 Å². The highest BCUT2D eigenvalue weighted by atomic mass is 35.5. The van der Waals surface area contributed by atoms with Crippen molar-refractivity contribution in [2.45, 2.75) is 12.5 Å². The van der Waals surface area contributed by atoms with Crippen LogP contribution < -0.4 is 11.3 Å². The maximum Gasteiger partial charge on any atom is 0.126 e. The van der Waals surface area contributed by atoms with Crippen molar-refractivity contribution in [2.75, 3.05) is 0 Å². The first-order valence-corrected chi connectivity index (χ1v) is 6.40. The highest BCUT2D eigenvalue weighted by Crippen LogP contribution is 2.30. The minimum Gasteiger partial charge on any atom is -0.271 e. The van der Waals surface area contributed by atoms with Crippen LogP contribution >= 0.6 is 22.9 Å². The largest absolute Gasteiger partial charge is 0.271 e. The minimum absolute atomic E-state index is 0.167. The van der Waals surface area contributed by atoms with Crippen LogP contribution in [0.4, 0.5) is 4.39 Å². The summed E-state index contributed by atoms with van der Waals surface area (Å²) in [4.78, 5) is 0.928. The lowest BCUT2D eigenvalue weighted by atomic mass is 10.0. The lowest BCUT2D eigenvalue weighted by molar-refractivity contribution is 0.535. The Bertz CT molecular complexity index is 501. The molecule has 0 aliphatic rings. The van der Waals surface area contributed by atoms with Gasteiger partial charge in [0.05, 0.1) is 11.1 Å². The van der Waals surface area contributed by atoms with Crippen molar-refractivity contribution in [1.29, 1.82) is 0 Å². The van der Waals surface area contributed by atoms with E-state index < -0.39 is 0 Å². The van der Waals surface area contributed by atoms with Crippen LogP contribution in [-0.4, -0.2) is 0 Å². The molecule has 0 bridgehead atoms. The van der Waals surface area contributed by atoms with Gasteiger partial charge in [-0.25, -0.2) is 4.39 Å². The van der Waals surface area contributed by atoms with E-state index in [0.29, 0.717) is 17.0 Å². The molecule has 5 heteroatoms. The first kappa shape index (κ1) is 12.5. The molecule has 1 atom stereocenters. The van der Waals surface area contributed by atoms with Crippen LogP contribution in [0.1, 0.15) is 16.5 Å². The number of rotatable bonds is 4. The van der Waals surface area contributed by atoms with Crippen LogP contribution in [0, 0.1) is 5.82 Å². The van der Waals surface area contributed by atoms with Gasteiger partial charge in [0.1, 0.15) is 5.82 Å². The van der Waals surface area contributed by atoms with Gasteiger partial charge in [-0.05, 0) is 29.5 Å². The van der Waals surface area contributed by atoms with E-state index in [4.69, 9.17) is 17.4 Å². The Morgan fingerprint density at radius 3 is 2.71 bits per heavy atom. The summed E-state index contributed by atoms with van der Waals surface area (Å²) in [7, 11) is 0. The van der Waals surface area contributed by atoms with Crippen molar-refractivity contribution in [3.05, 3.63) is 57.0 Å². The van der Waals surface area contributed by atoms with Crippen LogP contribution in [0.3, 0.4) is 0 Å². The maximum absolute atomic E-state index is 13.5. The highest BCUT2D eigenvalue weighted by molar-refractivity contribution is 7.10. The zero-order chi connectivity index (χ0) is 12.3. The summed E-state index contributed by atoms with van der Waals surface area (Å²) in [6, 6.07) is 8.32. The fourth-order valence-electron chi connectivity index (χ4n) is 1.67. The van der Waals surface area contributed by atoms with Crippen molar-refractivity contribution >= 4 is 22.9 Å². The number of nitrogens with two attached hydrogens (primary N) is 1. The van der Waals surface area contributed by atoms with E-state index in [1.807, 2.05) is 17.5 Å². The molecule has 0 spiro atoms. The van der Waals surface area contributed by atoms with Gasteiger partial charge in [0.15, 0.2) is 0 Å². The fourth-order valence-corrected chi connectivity index (χ4v) is 2.92. The molecule has 0 aliphatic carbocycles. The second-order valence-corrected chi connectivity index (χ2v) is 5.00. The summed E-state index contributed by atoms with van der Waals surface area (Å²) < 4.78 is 13.5. The topological polar surface area (TPSA) is 38.0 Å². The van der Waals surface area contributed by atoms with Crippen molar-refractivity contribution < 1.29 is 4.39 Å². The van der Waals surface area contributed by atoms with Crippen LogP contribution in [0.5, 0.6) is 0 Å². The maximum atomic E-state index is 13.5. The monoisotopic (exact) mass is 270 g/mol. The molecule has 1 aromatic carbocycles. The van der Waals surface area contributed by atoms with Crippen molar-refractivity contribution in [3.8, 4) is 0 Å². The Hall–Kier alpha value is -0.940. The summed E-state index contributed by atoms with van der Waals surface area (Å²) in [5.74, 6) is 5.28. The molecule has 1 aromatic heterocycles.